The van der Waals surface area contributed by atoms with E-state index in [0.29, 0.717) is 36.0 Å². The van der Waals surface area contributed by atoms with Crippen LogP contribution in [0.2, 0.25) is 0 Å². The average molecular weight is 429 g/mol. The van der Waals surface area contributed by atoms with Crippen LogP contribution < -0.4 is 0 Å². The van der Waals surface area contributed by atoms with E-state index in [0.717, 1.165) is 30.4 Å². The van der Waals surface area contributed by atoms with Crippen molar-refractivity contribution in [3.05, 3.63) is 47.6 Å². The zero-order valence-corrected chi connectivity index (χ0v) is 20.1. The van der Waals surface area contributed by atoms with Crippen molar-refractivity contribution in [3.63, 3.8) is 0 Å². The molecule has 3 N–H and O–H groups in total. The molecule has 1 unspecified atom stereocenters. The van der Waals surface area contributed by atoms with Gasteiger partial charge in [-0.15, -0.1) is 0 Å². The second kappa shape index (κ2) is 9.77. The van der Waals surface area contributed by atoms with Gasteiger partial charge in [0.25, 0.3) is 0 Å². The SMILES string of the molecule is C=C1/C(=C/C=C2\CCC[C@]3(C)[C@@H]([C@H](C)/C=C/CC(C)(O)CC)CC[C@@H]23)C[C@@H](O)C[C@@H]1O. The molecule has 0 saturated heterocycles. The number of hydrogen-bond donors (Lipinski definition) is 3. The van der Waals surface area contributed by atoms with Crippen molar-refractivity contribution in [1.82, 2.24) is 0 Å². The van der Waals surface area contributed by atoms with Gasteiger partial charge in [0.1, 0.15) is 0 Å². The maximum absolute atomic E-state index is 10.3. The van der Waals surface area contributed by atoms with Crippen LogP contribution in [0.25, 0.3) is 0 Å². The summed E-state index contributed by atoms with van der Waals surface area (Å²) >= 11 is 0. The molecule has 3 aliphatic rings. The maximum Gasteiger partial charge on any atom is 0.0811 e. The van der Waals surface area contributed by atoms with Gasteiger partial charge in [0.2, 0.25) is 0 Å². The van der Waals surface area contributed by atoms with E-state index >= 15 is 0 Å². The summed E-state index contributed by atoms with van der Waals surface area (Å²) in [5, 5.41) is 30.5. The molecular weight excluding hydrogens is 384 g/mol. The predicted molar refractivity (Wildman–Crippen MR) is 129 cm³/mol. The third-order valence-electron chi connectivity index (χ3n) is 8.70. The highest BCUT2D eigenvalue weighted by molar-refractivity contribution is 5.38. The first-order valence-corrected chi connectivity index (χ1v) is 12.4. The number of aliphatic hydroxyl groups excluding tert-OH is 2. The van der Waals surface area contributed by atoms with E-state index in [4.69, 9.17) is 0 Å². The molecule has 0 aromatic carbocycles. The molecule has 174 valence electrons. The Labute approximate surface area is 189 Å². The van der Waals surface area contributed by atoms with Gasteiger partial charge >= 0.3 is 0 Å². The minimum atomic E-state index is -0.623. The van der Waals surface area contributed by atoms with Gasteiger partial charge < -0.3 is 15.3 Å². The third kappa shape index (κ3) is 5.43. The van der Waals surface area contributed by atoms with Gasteiger partial charge in [-0.3, -0.25) is 0 Å². The Kier molecular flexibility index (Phi) is 7.71. The normalized spacial score (nSPS) is 39.8. The van der Waals surface area contributed by atoms with Crippen LogP contribution in [0.15, 0.2) is 47.6 Å². The van der Waals surface area contributed by atoms with Crippen molar-refractivity contribution in [1.29, 1.82) is 0 Å². The number of rotatable bonds is 6. The number of hydrogen-bond acceptors (Lipinski definition) is 3. The number of fused-ring (bicyclic) bond motifs is 1. The average Bonchev–Trinajstić information content (AvgIpc) is 3.07. The standard InChI is InChI=1S/C28H44O3/c1-6-27(4,31)15-7-9-19(2)24-13-14-25-21(10-8-16-28(24,25)5)11-12-22-17-23(29)18-26(30)20(22)3/h7,9,11-12,19,23-26,29-31H,3,6,8,10,13-18H2,1-2,4-5H3/b9-7+,21-11+,22-12+/t19-,23-,24-,25+,26+,27?,28-/m1/s1. The highest BCUT2D eigenvalue weighted by Gasteiger charge is 2.50. The fourth-order valence-electron chi connectivity index (χ4n) is 6.42. The van der Waals surface area contributed by atoms with Gasteiger partial charge in [0.05, 0.1) is 17.8 Å². The zero-order chi connectivity index (χ0) is 22.8. The summed E-state index contributed by atoms with van der Waals surface area (Å²) in [6, 6.07) is 0. The summed E-state index contributed by atoms with van der Waals surface area (Å²) in [5.41, 5.74) is 3.03. The lowest BCUT2D eigenvalue weighted by molar-refractivity contribution is 0.0588. The third-order valence-corrected chi connectivity index (χ3v) is 8.70. The van der Waals surface area contributed by atoms with Crippen molar-refractivity contribution in [2.75, 3.05) is 0 Å². The first kappa shape index (κ1) is 24.5. The Balaban J connectivity index is 1.73. The molecule has 3 aliphatic carbocycles. The second-order valence-corrected chi connectivity index (χ2v) is 11.0. The highest BCUT2D eigenvalue weighted by atomic mass is 16.3. The lowest BCUT2D eigenvalue weighted by Crippen LogP contribution is -2.35. The molecule has 0 radical (unpaired) electrons. The molecule has 0 aromatic heterocycles. The molecule has 3 rings (SSSR count). The first-order valence-electron chi connectivity index (χ1n) is 12.4. The van der Waals surface area contributed by atoms with Gasteiger partial charge in [-0.2, -0.15) is 0 Å². The van der Waals surface area contributed by atoms with E-state index < -0.39 is 17.8 Å². The number of allylic oxidation sites excluding steroid dienone is 4. The van der Waals surface area contributed by atoms with E-state index in [1.807, 2.05) is 13.8 Å². The summed E-state index contributed by atoms with van der Waals surface area (Å²) in [5.74, 6) is 1.80. The Morgan fingerprint density at radius 2 is 2.00 bits per heavy atom. The summed E-state index contributed by atoms with van der Waals surface area (Å²) in [6.45, 7) is 12.9. The van der Waals surface area contributed by atoms with Gasteiger partial charge in [-0.25, -0.2) is 0 Å². The molecule has 0 spiro atoms. The van der Waals surface area contributed by atoms with Crippen LogP contribution in [-0.4, -0.2) is 33.1 Å². The Morgan fingerprint density at radius 3 is 2.71 bits per heavy atom. The fourth-order valence-corrected chi connectivity index (χ4v) is 6.42. The Morgan fingerprint density at radius 1 is 1.26 bits per heavy atom. The molecule has 0 aliphatic heterocycles. The molecule has 0 heterocycles. The van der Waals surface area contributed by atoms with Crippen LogP contribution >= 0.6 is 0 Å². The van der Waals surface area contributed by atoms with Crippen molar-refractivity contribution in [3.8, 4) is 0 Å². The molecule has 7 atom stereocenters. The smallest absolute Gasteiger partial charge is 0.0811 e. The van der Waals surface area contributed by atoms with Gasteiger partial charge in [0.15, 0.2) is 0 Å². The molecular formula is C28H44O3. The maximum atomic E-state index is 10.3. The molecule has 0 bridgehead atoms. The topological polar surface area (TPSA) is 60.7 Å². The van der Waals surface area contributed by atoms with Crippen LogP contribution in [0, 0.1) is 23.2 Å². The molecule has 0 aromatic rings. The van der Waals surface area contributed by atoms with Crippen LogP contribution in [-0.2, 0) is 0 Å². The fraction of sp³-hybridized carbons (Fsp3) is 0.714. The minimum Gasteiger partial charge on any atom is -0.393 e. The van der Waals surface area contributed by atoms with Crippen molar-refractivity contribution in [2.24, 2.45) is 23.2 Å². The van der Waals surface area contributed by atoms with E-state index in [-0.39, 0.29) is 0 Å². The summed E-state index contributed by atoms with van der Waals surface area (Å²) in [6.07, 6.45) is 16.5. The molecule has 3 nitrogen and oxygen atoms in total. The molecule has 3 saturated carbocycles. The first-order chi connectivity index (χ1) is 14.6. The molecule has 3 fully saturated rings. The van der Waals surface area contributed by atoms with Crippen molar-refractivity contribution < 1.29 is 15.3 Å². The largest absolute Gasteiger partial charge is 0.393 e. The van der Waals surface area contributed by atoms with E-state index in [2.05, 4.69) is 44.7 Å². The summed E-state index contributed by atoms with van der Waals surface area (Å²) < 4.78 is 0. The van der Waals surface area contributed by atoms with E-state index in [9.17, 15) is 15.3 Å². The van der Waals surface area contributed by atoms with Crippen LogP contribution in [0.3, 0.4) is 0 Å². The van der Waals surface area contributed by atoms with Crippen LogP contribution in [0.5, 0.6) is 0 Å². The lowest BCUT2D eigenvalue weighted by Gasteiger charge is -2.44. The lowest BCUT2D eigenvalue weighted by atomic mass is 9.61. The highest BCUT2D eigenvalue weighted by Crippen LogP contribution is 2.59. The van der Waals surface area contributed by atoms with Gasteiger partial charge in [0, 0.05) is 6.42 Å². The Bertz CT molecular complexity index is 743. The number of aliphatic hydroxyl groups is 3. The minimum absolute atomic E-state index is 0.322. The quantitative estimate of drug-likeness (QED) is 0.464. The van der Waals surface area contributed by atoms with Crippen LogP contribution in [0.1, 0.15) is 85.5 Å². The second-order valence-electron chi connectivity index (χ2n) is 11.0. The van der Waals surface area contributed by atoms with Crippen molar-refractivity contribution in [2.45, 2.75) is 103 Å². The van der Waals surface area contributed by atoms with Crippen molar-refractivity contribution >= 4 is 0 Å². The summed E-state index contributed by atoms with van der Waals surface area (Å²) in [4.78, 5) is 0. The Hall–Kier alpha value is -1.16. The molecule has 3 heteroatoms. The predicted octanol–water partition coefficient (Wildman–Crippen LogP) is 5.87. The monoisotopic (exact) mass is 428 g/mol. The van der Waals surface area contributed by atoms with E-state index in [1.54, 1.807) is 0 Å². The summed E-state index contributed by atoms with van der Waals surface area (Å²) in [7, 11) is 0. The van der Waals surface area contributed by atoms with Gasteiger partial charge in [-0.1, -0.05) is 57.2 Å². The van der Waals surface area contributed by atoms with Crippen LogP contribution in [0.4, 0.5) is 0 Å². The molecule has 0 amide bonds. The van der Waals surface area contributed by atoms with E-state index in [1.165, 1.54) is 31.3 Å². The zero-order valence-electron chi connectivity index (χ0n) is 20.1. The van der Waals surface area contributed by atoms with Gasteiger partial charge in [-0.05, 0) is 92.6 Å². The molecule has 31 heavy (non-hydrogen) atoms.